The molecule has 2 fully saturated rings. The molecule has 1 unspecified atom stereocenters. The van der Waals surface area contributed by atoms with E-state index >= 15 is 0 Å². The predicted molar refractivity (Wildman–Crippen MR) is 80.0 cm³/mol. The van der Waals surface area contributed by atoms with Crippen molar-refractivity contribution < 1.29 is 9.90 Å². The van der Waals surface area contributed by atoms with Crippen LogP contribution in [0.25, 0.3) is 0 Å². The van der Waals surface area contributed by atoms with Crippen LogP contribution in [0, 0.1) is 5.92 Å². The van der Waals surface area contributed by atoms with Gasteiger partial charge in [-0.05, 0) is 36.6 Å². The molecular formula is C15H22N2O2S. The van der Waals surface area contributed by atoms with Gasteiger partial charge in [0.25, 0.3) is 0 Å². The molecule has 20 heavy (non-hydrogen) atoms. The molecule has 1 saturated heterocycles. The Morgan fingerprint density at radius 1 is 1.35 bits per heavy atom. The van der Waals surface area contributed by atoms with Crippen molar-refractivity contribution in [1.29, 1.82) is 0 Å². The molecule has 3 rings (SSSR count). The highest BCUT2D eigenvalue weighted by atomic mass is 32.1. The Morgan fingerprint density at radius 2 is 2.20 bits per heavy atom. The lowest BCUT2D eigenvalue weighted by molar-refractivity contribution is -0.138. The van der Waals surface area contributed by atoms with Crippen LogP contribution in [0.3, 0.4) is 0 Å². The first-order chi connectivity index (χ1) is 9.74. The maximum absolute atomic E-state index is 10.8. The van der Waals surface area contributed by atoms with Crippen LogP contribution in [-0.2, 0) is 4.79 Å². The number of hydrogen-bond donors (Lipinski definition) is 1. The van der Waals surface area contributed by atoms with E-state index in [1.165, 1.54) is 17.7 Å². The number of thiophene rings is 1. The molecule has 4 nitrogen and oxygen atoms in total. The first kappa shape index (κ1) is 14.0. The highest BCUT2D eigenvalue weighted by molar-refractivity contribution is 7.10. The Morgan fingerprint density at radius 3 is 2.85 bits per heavy atom. The van der Waals surface area contributed by atoms with Gasteiger partial charge < -0.3 is 5.11 Å². The number of aliphatic carboxylic acids is 1. The van der Waals surface area contributed by atoms with Crippen molar-refractivity contribution in [2.75, 3.05) is 32.7 Å². The molecule has 1 atom stereocenters. The van der Waals surface area contributed by atoms with Crippen molar-refractivity contribution in [2.24, 2.45) is 5.92 Å². The predicted octanol–water partition coefficient (Wildman–Crippen LogP) is 2.29. The fourth-order valence-electron chi connectivity index (χ4n) is 3.20. The summed E-state index contributed by atoms with van der Waals surface area (Å²) in [5.41, 5.74) is 0. The average molecular weight is 294 g/mol. The van der Waals surface area contributed by atoms with Gasteiger partial charge in [-0.1, -0.05) is 6.07 Å². The topological polar surface area (TPSA) is 43.8 Å². The van der Waals surface area contributed by atoms with Crippen LogP contribution in [0.1, 0.15) is 30.2 Å². The maximum atomic E-state index is 10.8. The summed E-state index contributed by atoms with van der Waals surface area (Å²) in [7, 11) is 0. The molecule has 2 heterocycles. The fraction of sp³-hybridized carbons (Fsp3) is 0.667. The number of carboxylic acids is 1. The summed E-state index contributed by atoms with van der Waals surface area (Å²) in [4.78, 5) is 17.0. The van der Waals surface area contributed by atoms with Gasteiger partial charge in [0.15, 0.2) is 0 Å². The Hall–Kier alpha value is -0.910. The third-order valence-electron chi connectivity index (χ3n) is 4.28. The molecule has 0 radical (unpaired) electrons. The molecule has 1 aliphatic carbocycles. The monoisotopic (exact) mass is 294 g/mol. The second-order valence-electron chi connectivity index (χ2n) is 5.86. The van der Waals surface area contributed by atoms with Gasteiger partial charge in [-0.3, -0.25) is 14.6 Å². The molecule has 1 aromatic rings. The Bertz CT molecular complexity index is 445. The van der Waals surface area contributed by atoms with E-state index in [0.29, 0.717) is 6.04 Å². The van der Waals surface area contributed by atoms with Gasteiger partial charge in [0, 0.05) is 37.1 Å². The van der Waals surface area contributed by atoms with E-state index in [1.54, 1.807) is 0 Å². The molecule has 110 valence electrons. The third-order valence-corrected chi connectivity index (χ3v) is 5.22. The molecule has 0 bridgehead atoms. The zero-order chi connectivity index (χ0) is 13.9. The zero-order valence-corrected chi connectivity index (χ0v) is 12.5. The van der Waals surface area contributed by atoms with E-state index in [0.717, 1.165) is 38.5 Å². The smallest absolute Gasteiger partial charge is 0.317 e. The van der Waals surface area contributed by atoms with Crippen LogP contribution in [-0.4, -0.2) is 53.6 Å². The van der Waals surface area contributed by atoms with Gasteiger partial charge in [0.2, 0.25) is 0 Å². The first-order valence-electron chi connectivity index (χ1n) is 7.45. The van der Waals surface area contributed by atoms with Crippen LogP contribution in [0.2, 0.25) is 0 Å². The van der Waals surface area contributed by atoms with Gasteiger partial charge in [0.05, 0.1) is 6.54 Å². The Balaban J connectivity index is 1.65. The number of rotatable bonds is 5. The summed E-state index contributed by atoms with van der Waals surface area (Å²) in [6.45, 7) is 4.05. The lowest BCUT2D eigenvalue weighted by Gasteiger charge is -2.30. The van der Waals surface area contributed by atoms with E-state index in [4.69, 9.17) is 5.11 Å². The normalized spacial score (nSPS) is 23.4. The van der Waals surface area contributed by atoms with E-state index in [-0.39, 0.29) is 6.54 Å². The lowest BCUT2D eigenvalue weighted by atomic mass is 10.1. The summed E-state index contributed by atoms with van der Waals surface area (Å²) < 4.78 is 0. The number of nitrogens with zero attached hydrogens (tertiary/aromatic N) is 2. The van der Waals surface area contributed by atoms with Gasteiger partial charge in [-0.25, -0.2) is 0 Å². The summed E-state index contributed by atoms with van der Waals surface area (Å²) in [5, 5.41) is 11.1. The molecule has 1 aromatic heterocycles. The van der Waals surface area contributed by atoms with Crippen molar-refractivity contribution in [3.8, 4) is 0 Å². The van der Waals surface area contributed by atoms with E-state index in [2.05, 4.69) is 27.3 Å². The molecule has 5 heteroatoms. The fourth-order valence-corrected chi connectivity index (χ4v) is 4.15. The molecule has 0 spiro atoms. The SMILES string of the molecule is O=C(O)CN1CCCN(C(c2cccs2)C2CC2)CC1. The zero-order valence-electron chi connectivity index (χ0n) is 11.7. The van der Waals surface area contributed by atoms with Gasteiger partial charge >= 0.3 is 5.97 Å². The third kappa shape index (κ3) is 3.40. The summed E-state index contributed by atoms with van der Waals surface area (Å²) >= 11 is 1.86. The molecule has 0 amide bonds. The molecule has 1 N–H and O–H groups in total. The number of carboxylic acid groups (broad SMARTS) is 1. The Kier molecular flexibility index (Phi) is 4.38. The molecule has 2 aliphatic rings. The molecular weight excluding hydrogens is 272 g/mol. The number of carbonyl (C=O) groups is 1. The summed E-state index contributed by atoms with van der Waals surface area (Å²) in [6, 6.07) is 4.97. The summed E-state index contributed by atoms with van der Waals surface area (Å²) in [5.74, 6) is 0.107. The largest absolute Gasteiger partial charge is 0.480 e. The standard InChI is InChI=1S/C15H22N2O2S/c18-14(19)11-16-6-2-7-17(9-8-16)15(12-4-5-12)13-3-1-10-20-13/h1,3,10,12,15H,2,4-9,11H2,(H,18,19). The van der Waals surface area contributed by atoms with Gasteiger partial charge in [0.1, 0.15) is 0 Å². The number of hydrogen-bond acceptors (Lipinski definition) is 4. The summed E-state index contributed by atoms with van der Waals surface area (Å²) in [6.07, 6.45) is 3.76. The average Bonchev–Trinajstić information content (AvgIpc) is 3.13. The second kappa shape index (κ2) is 6.24. The van der Waals surface area contributed by atoms with Crippen molar-refractivity contribution in [3.05, 3.63) is 22.4 Å². The van der Waals surface area contributed by atoms with Gasteiger partial charge in [-0.2, -0.15) is 0 Å². The minimum absolute atomic E-state index is 0.181. The van der Waals surface area contributed by atoms with Crippen molar-refractivity contribution in [3.63, 3.8) is 0 Å². The quantitative estimate of drug-likeness (QED) is 0.905. The van der Waals surface area contributed by atoms with Crippen molar-refractivity contribution in [2.45, 2.75) is 25.3 Å². The highest BCUT2D eigenvalue weighted by Gasteiger charge is 2.37. The minimum Gasteiger partial charge on any atom is -0.480 e. The first-order valence-corrected chi connectivity index (χ1v) is 8.33. The lowest BCUT2D eigenvalue weighted by Crippen LogP contribution is -2.36. The molecule has 0 aromatic carbocycles. The van der Waals surface area contributed by atoms with Crippen LogP contribution in [0.5, 0.6) is 0 Å². The second-order valence-corrected chi connectivity index (χ2v) is 6.84. The Labute approximate surface area is 124 Å². The minimum atomic E-state index is -0.713. The molecule has 1 aliphatic heterocycles. The van der Waals surface area contributed by atoms with Crippen LogP contribution in [0.4, 0.5) is 0 Å². The van der Waals surface area contributed by atoms with Crippen molar-refractivity contribution in [1.82, 2.24) is 9.80 Å². The van der Waals surface area contributed by atoms with Crippen LogP contribution < -0.4 is 0 Å². The van der Waals surface area contributed by atoms with Crippen molar-refractivity contribution >= 4 is 17.3 Å². The maximum Gasteiger partial charge on any atom is 0.317 e. The van der Waals surface area contributed by atoms with Gasteiger partial charge in [-0.15, -0.1) is 11.3 Å². The van der Waals surface area contributed by atoms with E-state index < -0.39 is 5.97 Å². The highest BCUT2D eigenvalue weighted by Crippen LogP contribution is 2.46. The molecule has 1 saturated carbocycles. The van der Waals surface area contributed by atoms with E-state index in [1.807, 2.05) is 11.3 Å². The van der Waals surface area contributed by atoms with Crippen LogP contribution in [0.15, 0.2) is 17.5 Å². The van der Waals surface area contributed by atoms with Crippen LogP contribution >= 0.6 is 11.3 Å². The van der Waals surface area contributed by atoms with E-state index in [9.17, 15) is 4.79 Å².